The maximum absolute atomic E-state index is 12.1. The third-order valence-corrected chi connectivity index (χ3v) is 4.41. The minimum atomic E-state index is -0.147. The van der Waals surface area contributed by atoms with E-state index < -0.39 is 0 Å². The monoisotopic (exact) mass is 325 g/mol. The Morgan fingerprint density at radius 2 is 2.13 bits per heavy atom. The molecule has 1 amide bonds. The van der Waals surface area contributed by atoms with Crippen LogP contribution < -0.4 is 5.32 Å². The van der Waals surface area contributed by atoms with Crippen molar-refractivity contribution in [2.24, 2.45) is 0 Å². The molecule has 23 heavy (non-hydrogen) atoms. The van der Waals surface area contributed by atoms with E-state index in [2.05, 4.69) is 20.4 Å². The Morgan fingerprint density at radius 3 is 2.91 bits per heavy atom. The summed E-state index contributed by atoms with van der Waals surface area (Å²) in [6.07, 6.45) is 3.98. The predicted octanol–water partition coefficient (Wildman–Crippen LogP) is 2.92. The van der Waals surface area contributed by atoms with E-state index in [0.717, 1.165) is 11.3 Å². The summed E-state index contributed by atoms with van der Waals surface area (Å²) in [4.78, 5) is 20.8. The number of hydrogen-bond acceptors (Lipinski definition) is 5. The van der Waals surface area contributed by atoms with Crippen molar-refractivity contribution in [2.45, 2.75) is 25.3 Å². The van der Waals surface area contributed by atoms with E-state index in [4.69, 9.17) is 0 Å². The Morgan fingerprint density at radius 1 is 1.30 bits per heavy atom. The van der Waals surface area contributed by atoms with E-state index in [0.29, 0.717) is 16.9 Å². The number of carbonyl (C=O) groups excluding carboxylic acids is 1. The van der Waals surface area contributed by atoms with Gasteiger partial charge in [-0.3, -0.25) is 4.79 Å². The summed E-state index contributed by atoms with van der Waals surface area (Å²) in [7, 11) is 0. The van der Waals surface area contributed by atoms with Crippen molar-refractivity contribution < 1.29 is 4.79 Å². The number of anilines is 1. The molecule has 1 aliphatic carbocycles. The van der Waals surface area contributed by atoms with Crippen molar-refractivity contribution in [2.75, 3.05) is 5.32 Å². The Bertz CT molecular complexity index is 822. The SMILES string of the molecule is O=C(Cn1cnc(-c2ccccc2)n1)Nc1nc(C2CC2)cs1. The highest BCUT2D eigenvalue weighted by Crippen LogP contribution is 2.40. The first kappa shape index (κ1) is 14.1. The second-order valence-electron chi connectivity index (χ2n) is 5.53. The average Bonchev–Trinajstić information content (AvgIpc) is 3.14. The molecule has 0 spiro atoms. The van der Waals surface area contributed by atoms with Gasteiger partial charge in [0.15, 0.2) is 11.0 Å². The van der Waals surface area contributed by atoms with E-state index >= 15 is 0 Å². The van der Waals surface area contributed by atoms with Gasteiger partial charge in [0.05, 0.1) is 5.69 Å². The smallest absolute Gasteiger partial charge is 0.247 e. The van der Waals surface area contributed by atoms with Crippen LogP contribution in [0.1, 0.15) is 24.5 Å². The van der Waals surface area contributed by atoms with Gasteiger partial charge < -0.3 is 5.32 Å². The van der Waals surface area contributed by atoms with Crippen molar-refractivity contribution >= 4 is 22.4 Å². The van der Waals surface area contributed by atoms with Gasteiger partial charge in [0.25, 0.3) is 0 Å². The number of carbonyl (C=O) groups is 1. The molecule has 2 aromatic heterocycles. The van der Waals surface area contributed by atoms with Gasteiger partial charge in [-0.05, 0) is 12.8 Å². The summed E-state index contributed by atoms with van der Waals surface area (Å²) in [5, 5.41) is 9.83. The van der Waals surface area contributed by atoms with Gasteiger partial charge >= 0.3 is 0 Å². The number of thiazole rings is 1. The van der Waals surface area contributed by atoms with Crippen molar-refractivity contribution in [3.05, 3.63) is 47.7 Å². The zero-order valence-electron chi connectivity index (χ0n) is 12.3. The van der Waals surface area contributed by atoms with Crippen molar-refractivity contribution in [1.82, 2.24) is 19.7 Å². The van der Waals surface area contributed by atoms with Gasteiger partial charge in [-0.2, -0.15) is 5.10 Å². The molecule has 116 valence electrons. The van der Waals surface area contributed by atoms with Crippen LogP contribution in [0.2, 0.25) is 0 Å². The lowest BCUT2D eigenvalue weighted by Crippen LogP contribution is -2.19. The summed E-state index contributed by atoms with van der Waals surface area (Å²) < 4.78 is 1.53. The van der Waals surface area contributed by atoms with E-state index in [9.17, 15) is 4.79 Å². The zero-order valence-corrected chi connectivity index (χ0v) is 13.2. The van der Waals surface area contributed by atoms with E-state index in [1.54, 1.807) is 6.33 Å². The minimum absolute atomic E-state index is 0.123. The number of benzene rings is 1. The van der Waals surface area contributed by atoms with Crippen LogP contribution in [-0.4, -0.2) is 25.7 Å². The molecule has 1 fully saturated rings. The lowest BCUT2D eigenvalue weighted by molar-refractivity contribution is -0.116. The molecule has 1 N–H and O–H groups in total. The molecule has 4 rings (SSSR count). The molecule has 2 heterocycles. The van der Waals surface area contributed by atoms with Crippen molar-refractivity contribution in [3.8, 4) is 11.4 Å². The third kappa shape index (κ3) is 3.29. The second-order valence-corrected chi connectivity index (χ2v) is 6.39. The highest BCUT2D eigenvalue weighted by molar-refractivity contribution is 7.13. The third-order valence-electron chi connectivity index (χ3n) is 3.64. The lowest BCUT2D eigenvalue weighted by Gasteiger charge is -2.01. The normalized spacial score (nSPS) is 13.9. The molecule has 1 saturated carbocycles. The predicted molar refractivity (Wildman–Crippen MR) is 88.2 cm³/mol. The summed E-state index contributed by atoms with van der Waals surface area (Å²) in [5.41, 5.74) is 2.03. The molecule has 0 unspecified atom stereocenters. The number of rotatable bonds is 5. The number of nitrogens with one attached hydrogen (secondary N) is 1. The molecule has 1 aromatic carbocycles. The summed E-state index contributed by atoms with van der Waals surface area (Å²) >= 11 is 1.47. The molecule has 0 atom stereocenters. The van der Waals surface area contributed by atoms with Crippen LogP contribution in [0.5, 0.6) is 0 Å². The van der Waals surface area contributed by atoms with Gasteiger partial charge in [0.1, 0.15) is 12.9 Å². The summed E-state index contributed by atoms with van der Waals surface area (Å²) in [6, 6.07) is 9.69. The van der Waals surface area contributed by atoms with Gasteiger partial charge in [0.2, 0.25) is 5.91 Å². The van der Waals surface area contributed by atoms with E-state index in [1.807, 2.05) is 35.7 Å². The molecular formula is C16H15N5OS. The second kappa shape index (κ2) is 5.92. The standard InChI is InChI=1S/C16H15N5OS/c22-14(19-16-18-13(9-23-16)11-6-7-11)8-21-10-17-15(20-21)12-4-2-1-3-5-12/h1-5,9-11H,6-8H2,(H,18,19,22). The van der Waals surface area contributed by atoms with Gasteiger partial charge in [-0.25, -0.2) is 14.6 Å². The highest BCUT2D eigenvalue weighted by Gasteiger charge is 2.26. The van der Waals surface area contributed by atoms with Crippen LogP contribution in [0.15, 0.2) is 42.0 Å². The van der Waals surface area contributed by atoms with Crippen molar-refractivity contribution in [3.63, 3.8) is 0 Å². The molecule has 0 saturated heterocycles. The molecule has 1 aliphatic rings. The van der Waals surface area contributed by atoms with Crippen LogP contribution in [0.3, 0.4) is 0 Å². The van der Waals surface area contributed by atoms with Gasteiger partial charge in [-0.1, -0.05) is 30.3 Å². The fourth-order valence-electron chi connectivity index (χ4n) is 2.31. The number of nitrogens with zero attached hydrogens (tertiary/aromatic N) is 4. The van der Waals surface area contributed by atoms with Gasteiger partial charge in [-0.15, -0.1) is 11.3 Å². The summed E-state index contributed by atoms with van der Waals surface area (Å²) in [5.74, 6) is 1.07. The van der Waals surface area contributed by atoms with Crippen LogP contribution in [0.4, 0.5) is 5.13 Å². The van der Waals surface area contributed by atoms with E-state index in [-0.39, 0.29) is 12.5 Å². The average molecular weight is 325 g/mol. The Labute approximate surface area is 137 Å². The molecule has 0 aliphatic heterocycles. The Hall–Kier alpha value is -2.54. The Kier molecular flexibility index (Phi) is 3.63. The molecule has 6 nitrogen and oxygen atoms in total. The fourth-order valence-corrected chi connectivity index (χ4v) is 3.11. The molecule has 0 bridgehead atoms. The maximum Gasteiger partial charge on any atom is 0.247 e. The fraction of sp³-hybridized carbons (Fsp3) is 0.250. The number of amides is 1. The Balaban J connectivity index is 1.39. The topological polar surface area (TPSA) is 72.7 Å². The first-order valence-electron chi connectivity index (χ1n) is 7.48. The van der Waals surface area contributed by atoms with E-state index in [1.165, 1.54) is 28.9 Å². The molecular weight excluding hydrogens is 310 g/mol. The maximum atomic E-state index is 12.1. The lowest BCUT2D eigenvalue weighted by atomic mass is 10.2. The van der Waals surface area contributed by atoms with Crippen LogP contribution in [-0.2, 0) is 11.3 Å². The largest absolute Gasteiger partial charge is 0.300 e. The number of aromatic nitrogens is 4. The first-order chi connectivity index (χ1) is 11.3. The van der Waals surface area contributed by atoms with Crippen LogP contribution in [0, 0.1) is 0 Å². The molecule has 7 heteroatoms. The minimum Gasteiger partial charge on any atom is -0.300 e. The number of hydrogen-bond donors (Lipinski definition) is 1. The molecule has 0 radical (unpaired) electrons. The van der Waals surface area contributed by atoms with Gasteiger partial charge in [0, 0.05) is 16.9 Å². The van der Waals surface area contributed by atoms with Crippen LogP contribution >= 0.6 is 11.3 Å². The first-order valence-corrected chi connectivity index (χ1v) is 8.36. The van der Waals surface area contributed by atoms with Crippen LogP contribution in [0.25, 0.3) is 11.4 Å². The molecule has 3 aromatic rings. The zero-order chi connectivity index (χ0) is 15.6. The highest BCUT2D eigenvalue weighted by atomic mass is 32.1. The summed E-state index contributed by atoms with van der Waals surface area (Å²) in [6.45, 7) is 0.123. The quantitative estimate of drug-likeness (QED) is 0.783. The van der Waals surface area contributed by atoms with Crippen molar-refractivity contribution in [1.29, 1.82) is 0 Å².